The highest BCUT2D eigenvalue weighted by atomic mass is 32.1. The molecule has 0 spiro atoms. The van der Waals surface area contributed by atoms with Crippen LogP contribution in [0.15, 0.2) is 50.3 Å². The van der Waals surface area contributed by atoms with Crippen LogP contribution < -0.4 is 5.76 Å². The van der Waals surface area contributed by atoms with E-state index in [0.29, 0.717) is 18.7 Å². The summed E-state index contributed by atoms with van der Waals surface area (Å²) in [6.45, 7) is 3.51. The van der Waals surface area contributed by atoms with Gasteiger partial charge in [0.1, 0.15) is 12.4 Å². The molecule has 0 aliphatic carbocycles. The van der Waals surface area contributed by atoms with Gasteiger partial charge in [0.25, 0.3) is 0 Å². The van der Waals surface area contributed by atoms with Crippen molar-refractivity contribution in [1.29, 1.82) is 0 Å². The Hall–Kier alpha value is -2.78. The van der Waals surface area contributed by atoms with Crippen LogP contribution in [0.25, 0.3) is 11.5 Å². The number of benzene rings is 1. The van der Waals surface area contributed by atoms with E-state index >= 15 is 0 Å². The van der Waals surface area contributed by atoms with E-state index in [1.807, 2.05) is 0 Å². The molecular formula is C19H19FN4O3S. The Labute approximate surface area is 164 Å². The largest absolute Gasteiger partial charge is 0.437 e. The summed E-state index contributed by atoms with van der Waals surface area (Å²) < 4.78 is 19.1. The number of carbonyl (C=O) groups excluding carboxylic acids is 1. The van der Waals surface area contributed by atoms with Crippen molar-refractivity contribution in [3.8, 4) is 11.5 Å². The minimum atomic E-state index is -0.705. The first-order chi connectivity index (χ1) is 13.6. The normalized spacial score (nSPS) is 15.1. The number of nitrogens with zero attached hydrogens (tertiary/aromatic N) is 4. The molecule has 0 atom stereocenters. The first-order valence-corrected chi connectivity index (χ1v) is 9.88. The lowest BCUT2D eigenvalue weighted by Gasteiger charge is -2.34. The Morgan fingerprint density at radius 2 is 1.89 bits per heavy atom. The quantitative estimate of drug-likeness (QED) is 0.653. The van der Waals surface area contributed by atoms with E-state index in [9.17, 15) is 14.0 Å². The van der Waals surface area contributed by atoms with Gasteiger partial charge in [-0.3, -0.25) is 9.69 Å². The number of thiophene rings is 1. The van der Waals surface area contributed by atoms with Crippen LogP contribution in [0.1, 0.15) is 5.56 Å². The molecule has 28 heavy (non-hydrogen) atoms. The second kappa shape index (κ2) is 8.07. The van der Waals surface area contributed by atoms with Gasteiger partial charge < -0.3 is 9.32 Å². The van der Waals surface area contributed by atoms with E-state index in [1.54, 1.807) is 16.2 Å². The Kier molecular flexibility index (Phi) is 5.36. The van der Waals surface area contributed by atoms with Crippen LogP contribution in [0, 0.1) is 5.82 Å². The molecule has 3 heterocycles. The molecule has 1 aliphatic heterocycles. The lowest BCUT2D eigenvalue weighted by Crippen LogP contribution is -2.49. The number of hydrogen-bond acceptors (Lipinski definition) is 6. The zero-order valence-corrected chi connectivity index (χ0v) is 15.9. The number of hydrogen-bond donors (Lipinski definition) is 0. The van der Waals surface area contributed by atoms with Gasteiger partial charge in [0, 0.05) is 38.3 Å². The van der Waals surface area contributed by atoms with Crippen LogP contribution >= 0.6 is 11.3 Å². The van der Waals surface area contributed by atoms with Gasteiger partial charge in [-0.1, -0.05) is 0 Å². The Bertz CT molecular complexity index is 989. The fraction of sp³-hybridized carbons (Fsp3) is 0.316. The van der Waals surface area contributed by atoms with Gasteiger partial charge in [-0.15, -0.1) is 5.10 Å². The Morgan fingerprint density at radius 1 is 1.14 bits per heavy atom. The first kappa shape index (κ1) is 18.6. The molecule has 3 aromatic rings. The van der Waals surface area contributed by atoms with Crippen LogP contribution in [-0.4, -0.2) is 51.7 Å². The summed E-state index contributed by atoms with van der Waals surface area (Å²) in [5, 5.41) is 8.26. The SMILES string of the molecule is O=C(Cn1nc(-c2ccc(F)cc2)oc1=O)N1CCN(Cc2ccsc2)CC1. The predicted molar refractivity (Wildman–Crippen MR) is 102 cm³/mol. The zero-order chi connectivity index (χ0) is 19.5. The van der Waals surface area contributed by atoms with E-state index < -0.39 is 5.76 Å². The van der Waals surface area contributed by atoms with Crippen molar-refractivity contribution in [2.75, 3.05) is 26.2 Å². The summed E-state index contributed by atoms with van der Waals surface area (Å²) in [6.07, 6.45) is 0. The molecule has 0 radical (unpaired) electrons. The number of halogens is 1. The van der Waals surface area contributed by atoms with Crippen LogP contribution in [0.2, 0.25) is 0 Å². The molecule has 9 heteroatoms. The third-order valence-electron chi connectivity index (χ3n) is 4.69. The van der Waals surface area contributed by atoms with Crippen molar-refractivity contribution in [2.45, 2.75) is 13.1 Å². The molecule has 4 rings (SSSR count). The van der Waals surface area contributed by atoms with Gasteiger partial charge in [-0.25, -0.2) is 9.18 Å². The van der Waals surface area contributed by atoms with Gasteiger partial charge >= 0.3 is 5.76 Å². The fourth-order valence-corrected chi connectivity index (χ4v) is 3.80. The second-order valence-corrected chi connectivity index (χ2v) is 7.41. The van der Waals surface area contributed by atoms with Crippen LogP contribution in [0.4, 0.5) is 4.39 Å². The van der Waals surface area contributed by atoms with E-state index in [-0.39, 0.29) is 24.2 Å². The standard InChI is InChI=1S/C19H19FN4O3S/c20-16-3-1-15(2-4-16)18-21-24(19(26)27-18)12-17(25)23-8-6-22(7-9-23)11-14-5-10-28-13-14/h1-5,10,13H,6-9,11-12H2. The molecular weight excluding hydrogens is 383 g/mol. The van der Waals surface area contributed by atoms with Crippen molar-refractivity contribution in [3.63, 3.8) is 0 Å². The number of carbonyl (C=O) groups is 1. The molecule has 146 valence electrons. The van der Waals surface area contributed by atoms with Gasteiger partial charge in [0.05, 0.1) is 0 Å². The maximum Gasteiger partial charge on any atom is 0.437 e. The first-order valence-electron chi connectivity index (χ1n) is 8.93. The summed E-state index contributed by atoms with van der Waals surface area (Å²) >= 11 is 1.68. The highest BCUT2D eigenvalue weighted by Gasteiger charge is 2.23. The van der Waals surface area contributed by atoms with E-state index in [4.69, 9.17) is 4.42 Å². The molecule has 1 fully saturated rings. The topological polar surface area (TPSA) is 71.6 Å². The summed E-state index contributed by atoms with van der Waals surface area (Å²) in [4.78, 5) is 28.6. The van der Waals surface area contributed by atoms with Crippen LogP contribution in [0.3, 0.4) is 0 Å². The van der Waals surface area contributed by atoms with Crippen LogP contribution in [0.5, 0.6) is 0 Å². The van der Waals surface area contributed by atoms with Crippen molar-refractivity contribution in [1.82, 2.24) is 19.6 Å². The summed E-state index contributed by atoms with van der Waals surface area (Å²) in [6, 6.07) is 7.57. The number of aromatic nitrogens is 2. The molecule has 2 aromatic heterocycles. The molecule has 0 bridgehead atoms. The molecule has 1 amide bonds. The molecule has 7 nitrogen and oxygen atoms in total. The highest BCUT2D eigenvalue weighted by Crippen LogP contribution is 2.16. The molecule has 1 aromatic carbocycles. The van der Waals surface area contributed by atoms with Gasteiger partial charge in [0.2, 0.25) is 11.8 Å². The van der Waals surface area contributed by atoms with E-state index in [0.717, 1.165) is 24.3 Å². The molecule has 0 unspecified atom stereocenters. The smallest absolute Gasteiger partial charge is 0.388 e. The predicted octanol–water partition coefficient (Wildman–Crippen LogP) is 2.05. The average Bonchev–Trinajstić information content (AvgIpc) is 3.33. The second-order valence-electron chi connectivity index (χ2n) is 6.63. The van der Waals surface area contributed by atoms with Gasteiger partial charge in [-0.2, -0.15) is 16.0 Å². The minimum absolute atomic E-state index is 0.0679. The summed E-state index contributed by atoms with van der Waals surface area (Å²) in [5.74, 6) is -1.20. The lowest BCUT2D eigenvalue weighted by atomic mass is 10.2. The maximum absolute atomic E-state index is 13.0. The van der Waals surface area contributed by atoms with E-state index in [2.05, 4.69) is 26.8 Å². The van der Waals surface area contributed by atoms with Crippen molar-refractivity contribution in [3.05, 3.63) is 63.0 Å². The molecule has 0 saturated carbocycles. The third kappa shape index (κ3) is 4.20. The van der Waals surface area contributed by atoms with Gasteiger partial charge in [-0.05, 0) is 46.7 Å². The molecule has 0 N–H and O–H groups in total. The molecule has 1 saturated heterocycles. The minimum Gasteiger partial charge on any atom is -0.388 e. The summed E-state index contributed by atoms with van der Waals surface area (Å²) in [5.41, 5.74) is 1.76. The molecule has 1 aliphatic rings. The third-order valence-corrected chi connectivity index (χ3v) is 5.43. The Balaban J connectivity index is 1.35. The monoisotopic (exact) mass is 402 g/mol. The van der Waals surface area contributed by atoms with Gasteiger partial charge in [0.15, 0.2) is 0 Å². The number of piperazine rings is 1. The number of rotatable bonds is 5. The highest BCUT2D eigenvalue weighted by molar-refractivity contribution is 7.07. The number of amides is 1. The lowest BCUT2D eigenvalue weighted by molar-refractivity contribution is -0.134. The van der Waals surface area contributed by atoms with E-state index in [1.165, 1.54) is 29.8 Å². The Morgan fingerprint density at radius 3 is 2.57 bits per heavy atom. The summed E-state index contributed by atoms with van der Waals surface area (Å²) in [7, 11) is 0. The zero-order valence-electron chi connectivity index (χ0n) is 15.1. The maximum atomic E-state index is 13.0. The van der Waals surface area contributed by atoms with Crippen molar-refractivity contribution < 1.29 is 13.6 Å². The fourth-order valence-electron chi connectivity index (χ4n) is 3.14. The van der Waals surface area contributed by atoms with Crippen molar-refractivity contribution in [2.24, 2.45) is 0 Å². The average molecular weight is 402 g/mol. The van der Waals surface area contributed by atoms with Crippen LogP contribution in [-0.2, 0) is 17.9 Å². The van der Waals surface area contributed by atoms with Crippen molar-refractivity contribution >= 4 is 17.2 Å².